The van der Waals surface area contributed by atoms with E-state index in [9.17, 15) is 0 Å². The lowest BCUT2D eigenvalue weighted by molar-refractivity contribution is 1.18. The molecule has 0 atom stereocenters. The number of para-hydroxylation sites is 3. The van der Waals surface area contributed by atoms with E-state index < -0.39 is 0 Å². The Morgan fingerprint density at radius 1 is 0.241 bits per heavy atom. The van der Waals surface area contributed by atoms with E-state index in [4.69, 9.17) is 0 Å². The minimum Gasteiger partial charge on any atom is -0.309 e. The van der Waals surface area contributed by atoms with E-state index in [0.29, 0.717) is 0 Å². The fraction of sp³-hybridized carbons (Fsp3) is 0. The maximum absolute atomic E-state index is 2.44. The molecule has 2 heteroatoms. The van der Waals surface area contributed by atoms with Crippen molar-refractivity contribution in [1.82, 2.24) is 9.13 Å². The first-order chi connectivity index (χ1) is 26.8. The first-order valence-corrected chi connectivity index (χ1v) is 18.6. The molecule has 0 aliphatic carbocycles. The van der Waals surface area contributed by atoms with E-state index in [2.05, 4.69) is 215 Å². The van der Waals surface area contributed by atoms with Gasteiger partial charge in [0.25, 0.3) is 0 Å². The molecule has 0 aliphatic heterocycles. The molecule has 0 bridgehead atoms. The summed E-state index contributed by atoms with van der Waals surface area (Å²) >= 11 is 0. The van der Waals surface area contributed by atoms with Crippen molar-refractivity contribution >= 4 is 54.4 Å². The first-order valence-electron chi connectivity index (χ1n) is 18.6. The Kier molecular flexibility index (Phi) is 6.90. The third-order valence-corrected chi connectivity index (χ3v) is 11.1. The highest BCUT2D eigenvalue weighted by Crippen LogP contribution is 2.40. The molecule has 2 nitrogen and oxygen atoms in total. The molecule has 54 heavy (non-hydrogen) atoms. The summed E-state index contributed by atoms with van der Waals surface area (Å²) in [6.45, 7) is 0. The van der Waals surface area contributed by atoms with Crippen molar-refractivity contribution in [3.05, 3.63) is 206 Å². The Balaban J connectivity index is 1.06. The molecule has 0 saturated heterocycles. The van der Waals surface area contributed by atoms with Crippen molar-refractivity contribution in [2.24, 2.45) is 0 Å². The van der Waals surface area contributed by atoms with Crippen LogP contribution in [0.2, 0.25) is 0 Å². The summed E-state index contributed by atoms with van der Waals surface area (Å²) in [6.07, 6.45) is 0. The molecular weight excluding hydrogens is 653 g/mol. The lowest BCUT2D eigenvalue weighted by Gasteiger charge is -2.15. The molecule has 2 aromatic heterocycles. The van der Waals surface area contributed by atoms with Crippen LogP contribution in [-0.2, 0) is 0 Å². The van der Waals surface area contributed by atoms with Crippen LogP contribution in [0.25, 0.3) is 99.1 Å². The van der Waals surface area contributed by atoms with Crippen LogP contribution in [-0.4, -0.2) is 9.13 Å². The molecule has 0 saturated carbocycles. The average molecular weight is 687 g/mol. The van der Waals surface area contributed by atoms with Crippen molar-refractivity contribution in [1.29, 1.82) is 0 Å². The first kappa shape index (κ1) is 30.5. The van der Waals surface area contributed by atoms with Gasteiger partial charge in [-0.15, -0.1) is 0 Å². The summed E-state index contributed by atoms with van der Waals surface area (Å²) < 4.78 is 4.87. The second-order valence-electron chi connectivity index (χ2n) is 14.1. The molecule has 2 heterocycles. The molecule has 252 valence electrons. The Morgan fingerprint density at radius 3 is 1.37 bits per heavy atom. The predicted molar refractivity (Wildman–Crippen MR) is 229 cm³/mol. The molecule has 9 aromatic carbocycles. The highest BCUT2D eigenvalue weighted by atomic mass is 15.0. The van der Waals surface area contributed by atoms with Gasteiger partial charge in [0, 0.05) is 32.5 Å². The van der Waals surface area contributed by atoms with E-state index >= 15 is 0 Å². The fourth-order valence-corrected chi connectivity index (χ4v) is 8.61. The maximum atomic E-state index is 2.44. The van der Waals surface area contributed by atoms with Gasteiger partial charge in [0.05, 0.1) is 33.4 Å². The number of hydrogen-bond donors (Lipinski definition) is 0. The quantitative estimate of drug-likeness (QED) is 0.171. The SMILES string of the molecule is c1ccc(-c2ccc(-c3ccccc3-n3c4ccccc4c4cc(-c5ccc6c(c5)c5ccccc5n6-c5cccc6ccccc56)ccc43)cc2)cc1. The number of fused-ring (bicyclic) bond motifs is 7. The Bertz CT molecular complexity index is 3190. The summed E-state index contributed by atoms with van der Waals surface area (Å²) in [5.74, 6) is 0. The molecule has 11 rings (SSSR count). The van der Waals surface area contributed by atoms with Crippen LogP contribution < -0.4 is 0 Å². The summed E-state index contributed by atoms with van der Waals surface area (Å²) in [6, 6.07) is 75.2. The van der Waals surface area contributed by atoms with Crippen molar-refractivity contribution in [3.63, 3.8) is 0 Å². The van der Waals surface area contributed by atoms with Crippen LogP contribution in [0.1, 0.15) is 0 Å². The van der Waals surface area contributed by atoms with Gasteiger partial charge in [0.2, 0.25) is 0 Å². The number of rotatable bonds is 5. The Labute approximate surface area is 313 Å². The second kappa shape index (κ2) is 12.2. The minimum atomic E-state index is 1.17. The van der Waals surface area contributed by atoms with E-state index in [1.54, 1.807) is 0 Å². The normalized spacial score (nSPS) is 11.7. The highest BCUT2D eigenvalue weighted by molar-refractivity contribution is 6.13. The van der Waals surface area contributed by atoms with Crippen molar-refractivity contribution < 1.29 is 0 Å². The van der Waals surface area contributed by atoms with Gasteiger partial charge in [0.15, 0.2) is 0 Å². The summed E-state index contributed by atoms with van der Waals surface area (Å²) in [5.41, 5.74) is 14.5. The Morgan fingerprint density at radius 2 is 0.685 bits per heavy atom. The third-order valence-electron chi connectivity index (χ3n) is 11.1. The minimum absolute atomic E-state index is 1.17. The van der Waals surface area contributed by atoms with Crippen molar-refractivity contribution in [2.45, 2.75) is 0 Å². The molecule has 11 aromatic rings. The van der Waals surface area contributed by atoms with Crippen LogP contribution in [0.3, 0.4) is 0 Å². The van der Waals surface area contributed by atoms with Gasteiger partial charge >= 0.3 is 0 Å². The summed E-state index contributed by atoms with van der Waals surface area (Å²) in [7, 11) is 0. The molecule has 0 fully saturated rings. The van der Waals surface area contributed by atoms with Crippen molar-refractivity contribution in [3.8, 4) is 44.8 Å². The lowest BCUT2D eigenvalue weighted by atomic mass is 9.99. The molecule has 0 N–H and O–H groups in total. The third kappa shape index (κ3) is 4.74. The van der Waals surface area contributed by atoms with Crippen LogP contribution >= 0.6 is 0 Å². The van der Waals surface area contributed by atoms with Gasteiger partial charge in [-0.2, -0.15) is 0 Å². The molecule has 0 spiro atoms. The topological polar surface area (TPSA) is 9.86 Å². The number of benzene rings is 9. The van der Waals surface area contributed by atoms with Gasteiger partial charge < -0.3 is 9.13 Å². The summed E-state index contributed by atoms with van der Waals surface area (Å²) in [4.78, 5) is 0. The number of nitrogens with zero attached hydrogens (tertiary/aromatic N) is 2. The highest BCUT2D eigenvalue weighted by Gasteiger charge is 2.18. The second-order valence-corrected chi connectivity index (χ2v) is 14.1. The van der Waals surface area contributed by atoms with E-state index in [-0.39, 0.29) is 0 Å². The molecule has 0 unspecified atom stereocenters. The zero-order chi connectivity index (χ0) is 35.6. The number of hydrogen-bond acceptors (Lipinski definition) is 0. The fourth-order valence-electron chi connectivity index (χ4n) is 8.61. The lowest BCUT2D eigenvalue weighted by Crippen LogP contribution is -1.97. The van der Waals surface area contributed by atoms with E-state index in [1.807, 2.05) is 0 Å². The van der Waals surface area contributed by atoms with Gasteiger partial charge in [0.1, 0.15) is 0 Å². The Hall–Kier alpha value is -7.16. The average Bonchev–Trinajstić information content (AvgIpc) is 3.76. The van der Waals surface area contributed by atoms with Gasteiger partial charge in [-0.05, 0) is 81.7 Å². The number of aromatic nitrogens is 2. The van der Waals surface area contributed by atoms with Crippen LogP contribution in [0.4, 0.5) is 0 Å². The van der Waals surface area contributed by atoms with Gasteiger partial charge in [-0.1, -0.05) is 158 Å². The molecule has 0 radical (unpaired) electrons. The van der Waals surface area contributed by atoms with Crippen LogP contribution in [0.15, 0.2) is 206 Å². The molecule has 0 aliphatic rings. The predicted octanol–water partition coefficient (Wildman–Crippen LogP) is 14.0. The van der Waals surface area contributed by atoms with Crippen molar-refractivity contribution in [2.75, 3.05) is 0 Å². The van der Waals surface area contributed by atoms with Gasteiger partial charge in [-0.3, -0.25) is 0 Å². The summed E-state index contributed by atoms with van der Waals surface area (Å²) in [5, 5.41) is 7.50. The molecular formula is C52H34N2. The zero-order valence-electron chi connectivity index (χ0n) is 29.5. The smallest absolute Gasteiger partial charge is 0.0541 e. The van der Waals surface area contributed by atoms with Crippen LogP contribution in [0, 0.1) is 0 Å². The maximum Gasteiger partial charge on any atom is 0.0541 e. The van der Waals surface area contributed by atoms with E-state index in [0.717, 1.165) is 0 Å². The standard InChI is InChI=1S/C52H34N2/c1-2-13-35(14-3-1)36-25-27-38(28-26-36)42-18-6-9-21-47(42)53-49-22-10-7-19-43(49)45-33-39(29-31-51(45)53)40-30-32-52-46(34-40)44-20-8-11-23-50(44)54(52)48-24-12-16-37-15-4-5-17-41(37)48/h1-34H. The van der Waals surface area contributed by atoms with E-state index in [1.165, 1.54) is 99.1 Å². The molecule has 0 amide bonds. The van der Waals surface area contributed by atoms with Crippen LogP contribution in [0.5, 0.6) is 0 Å². The zero-order valence-corrected chi connectivity index (χ0v) is 29.5. The monoisotopic (exact) mass is 686 g/mol. The van der Waals surface area contributed by atoms with Gasteiger partial charge in [-0.25, -0.2) is 0 Å². The largest absolute Gasteiger partial charge is 0.309 e.